The van der Waals surface area contributed by atoms with E-state index < -0.39 is 13.0 Å². The molecule has 0 bridgehead atoms. The quantitative estimate of drug-likeness (QED) is 0.873. The van der Waals surface area contributed by atoms with Gasteiger partial charge in [-0.1, -0.05) is 0 Å². The monoisotopic (exact) mass is 288 g/mol. The van der Waals surface area contributed by atoms with Gasteiger partial charge in [-0.15, -0.1) is 0 Å². The molecule has 0 radical (unpaired) electrons. The number of alkyl halides is 2. The number of rotatable bonds is 6. The van der Waals surface area contributed by atoms with Crippen LogP contribution in [0.3, 0.4) is 0 Å². The number of nitrogens with one attached hydrogen (secondary N) is 1. The minimum atomic E-state index is -2.47. The summed E-state index contributed by atoms with van der Waals surface area (Å²) in [6.45, 7) is 0.113. The number of ether oxygens (including phenoxy) is 1. The summed E-state index contributed by atoms with van der Waals surface area (Å²) >= 11 is 1.97. The molecule has 1 saturated heterocycles. The Labute approximate surface area is 116 Å². The molecule has 1 aliphatic rings. The molecule has 0 aliphatic carbocycles. The van der Waals surface area contributed by atoms with Gasteiger partial charge >= 0.3 is 0 Å². The van der Waals surface area contributed by atoms with Crippen molar-refractivity contribution in [2.24, 2.45) is 0 Å². The normalized spacial score (nSPS) is 19.6. The lowest BCUT2D eigenvalue weighted by molar-refractivity contribution is 0.0795. The van der Waals surface area contributed by atoms with Crippen LogP contribution in [0.1, 0.15) is 18.4 Å². The number of thioether (sulfide) groups is 1. The first kappa shape index (κ1) is 14.5. The van der Waals surface area contributed by atoms with Crippen LogP contribution >= 0.6 is 11.8 Å². The molecule has 0 spiro atoms. The maximum absolute atomic E-state index is 12.0. The van der Waals surface area contributed by atoms with Gasteiger partial charge in [-0.25, -0.2) is 13.8 Å². The molecule has 0 saturated carbocycles. The number of pyridine rings is 1. The first-order valence-electron chi connectivity index (χ1n) is 6.41. The van der Waals surface area contributed by atoms with Gasteiger partial charge in [0.1, 0.15) is 0 Å². The summed E-state index contributed by atoms with van der Waals surface area (Å²) in [7, 11) is 0. The summed E-state index contributed by atoms with van der Waals surface area (Å²) in [6, 6.07) is 4.13. The highest BCUT2D eigenvalue weighted by atomic mass is 32.2. The number of aromatic nitrogens is 1. The molecule has 0 amide bonds. The van der Waals surface area contributed by atoms with Crippen molar-refractivity contribution in [3.63, 3.8) is 0 Å². The standard InChI is InChI=1S/C13H18F2N2OS/c14-12(15)8-18-13-6-10(3-4-16-13)7-17-11-2-1-5-19-9-11/h3-4,6,11-12,17H,1-2,5,7-9H2. The molecule has 1 aliphatic heterocycles. The molecule has 1 aromatic heterocycles. The van der Waals surface area contributed by atoms with E-state index in [1.807, 2.05) is 17.8 Å². The van der Waals surface area contributed by atoms with Crippen molar-refractivity contribution < 1.29 is 13.5 Å². The highest BCUT2D eigenvalue weighted by Gasteiger charge is 2.13. The van der Waals surface area contributed by atoms with E-state index in [1.54, 1.807) is 12.3 Å². The van der Waals surface area contributed by atoms with Crippen molar-refractivity contribution in [3.05, 3.63) is 23.9 Å². The van der Waals surface area contributed by atoms with Crippen molar-refractivity contribution in [1.82, 2.24) is 10.3 Å². The Morgan fingerprint density at radius 2 is 2.42 bits per heavy atom. The molecule has 6 heteroatoms. The third-order valence-electron chi connectivity index (χ3n) is 2.91. The van der Waals surface area contributed by atoms with Gasteiger partial charge in [-0.2, -0.15) is 11.8 Å². The molecule has 0 aromatic carbocycles. The van der Waals surface area contributed by atoms with Crippen LogP contribution in [0.2, 0.25) is 0 Å². The maximum atomic E-state index is 12.0. The van der Waals surface area contributed by atoms with E-state index in [1.165, 1.54) is 18.6 Å². The third kappa shape index (κ3) is 5.32. The van der Waals surface area contributed by atoms with Gasteiger partial charge in [0.15, 0.2) is 6.61 Å². The molecular formula is C13H18F2N2OS. The van der Waals surface area contributed by atoms with Crippen molar-refractivity contribution in [2.75, 3.05) is 18.1 Å². The highest BCUT2D eigenvalue weighted by molar-refractivity contribution is 7.99. The van der Waals surface area contributed by atoms with Crippen LogP contribution in [0, 0.1) is 0 Å². The second-order valence-electron chi connectivity index (χ2n) is 4.50. The van der Waals surface area contributed by atoms with Gasteiger partial charge in [0.05, 0.1) is 0 Å². The highest BCUT2D eigenvalue weighted by Crippen LogP contribution is 2.17. The zero-order valence-electron chi connectivity index (χ0n) is 10.6. The molecule has 2 rings (SSSR count). The molecule has 1 unspecified atom stereocenters. The predicted molar refractivity (Wildman–Crippen MR) is 72.9 cm³/mol. The summed E-state index contributed by atoms with van der Waals surface area (Å²) in [5.74, 6) is 2.65. The minimum Gasteiger partial charge on any atom is -0.472 e. The molecule has 1 N–H and O–H groups in total. The molecule has 2 heterocycles. The summed E-state index contributed by atoms with van der Waals surface area (Å²) in [6.07, 6.45) is 1.57. The molecule has 1 atom stereocenters. The van der Waals surface area contributed by atoms with Crippen molar-refractivity contribution in [2.45, 2.75) is 31.9 Å². The van der Waals surface area contributed by atoms with Gasteiger partial charge in [0, 0.05) is 30.6 Å². The lowest BCUT2D eigenvalue weighted by Crippen LogP contribution is -2.33. The Bertz CT molecular complexity index is 387. The molecular weight excluding hydrogens is 270 g/mol. The topological polar surface area (TPSA) is 34.1 Å². The van der Waals surface area contributed by atoms with E-state index in [2.05, 4.69) is 10.3 Å². The predicted octanol–water partition coefficient (Wildman–Crippen LogP) is 2.71. The average Bonchev–Trinajstić information content (AvgIpc) is 2.44. The average molecular weight is 288 g/mol. The van der Waals surface area contributed by atoms with E-state index in [4.69, 9.17) is 4.74 Å². The zero-order valence-corrected chi connectivity index (χ0v) is 11.5. The number of nitrogens with zero attached hydrogens (tertiary/aromatic N) is 1. The van der Waals surface area contributed by atoms with E-state index in [0.29, 0.717) is 6.04 Å². The Morgan fingerprint density at radius 1 is 1.53 bits per heavy atom. The number of halogens is 2. The SMILES string of the molecule is FC(F)COc1cc(CNC2CCCSC2)ccn1. The van der Waals surface area contributed by atoms with Crippen LogP contribution in [-0.4, -0.2) is 35.6 Å². The zero-order chi connectivity index (χ0) is 13.5. The van der Waals surface area contributed by atoms with Crippen molar-refractivity contribution in [1.29, 1.82) is 0 Å². The molecule has 1 aromatic rings. The number of hydrogen-bond acceptors (Lipinski definition) is 4. The Morgan fingerprint density at radius 3 is 3.16 bits per heavy atom. The lowest BCUT2D eigenvalue weighted by Gasteiger charge is -2.22. The van der Waals surface area contributed by atoms with E-state index in [0.717, 1.165) is 17.9 Å². The van der Waals surface area contributed by atoms with Gasteiger partial charge in [-0.3, -0.25) is 0 Å². The van der Waals surface area contributed by atoms with Crippen LogP contribution in [-0.2, 0) is 6.54 Å². The Balaban J connectivity index is 1.80. The van der Waals surface area contributed by atoms with Crippen LogP contribution in [0.4, 0.5) is 8.78 Å². The van der Waals surface area contributed by atoms with Crippen LogP contribution in [0.5, 0.6) is 5.88 Å². The van der Waals surface area contributed by atoms with Crippen LogP contribution in [0.15, 0.2) is 18.3 Å². The fourth-order valence-electron chi connectivity index (χ4n) is 1.95. The molecule has 3 nitrogen and oxygen atoms in total. The fraction of sp³-hybridized carbons (Fsp3) is 0.615. The van der Waals surface area contributed by atoms with Gasteiger partial charge in [0.25, 0.3) is 6.43 Å². The third-order valence-corrected chi connectivity index (χ3v) is 4.13. The first-order valence-corrected chi connectivity index (χ1v) is 7.56. The Hall–Kier alpha value is -0.880. The lowest BCUT2D eigenvalue weighted by atomic mass is 10.1. The second kappa shape index (κ2) is 7.65. The maximum Gasteiger partial charge on any atom is 0.272 e. The van der Waals surface area contributed by atoms with Gasteiger partial charge < -0.3 is 10.1 Å². The van der Waals surface area contributed by atoms with Crippen LogP contribution in [0.25, 0.3) is 0 Å². The second-order valence-corrected chi connectivity index (χ2v) is 5.65. The summed E-state index contributed by atoms with van der Waals surface area (Å²) in [4.78, 5) is 3.92. The molecule has 1 fully saturated rings. The van der Waals surface area contributed by atoms with Gasteiger partial charge in [0.2, 0.25) is 5.88 Å². The smallest absolute Gasteiger partial charge is 0.272 e. The van der Waals surface area contributed by atoms with E-state index in [-0.39, 0.29) is 5.88 Å². The van der Waals surface area contributed by atoms with Crippen molar-refractivity contribution >= 4 is 11.8 Å². The summed E-state index contributed by atoms with van der Waals surface area (Å²) in [5.41, 5.74) is 1.01. The largest absolute Gasteiger partial charge is 0.472 e. The molecule has 106 valence electrons. The number of hydrogen-bond donors (Lipinski definition) is 1. The molecule has 19 heavy (non-hydrogen) atoms. The van der Waals surface area contributed by atoms with Gasteiger partial charge in [-0.05, 0) is 30.2 Å². The Kier molecular flexibility index (Phi) is 5.85. The van der Waals surface area contributed by atoms with E-state index >= 15 is 0 Å². The summed E-state index contributed by atoms with van der Waals surface area (Å²) in [5, 5.41) is 3.48. The summed E-state index contributed by atoms with van der Waals surface area (Å²) < 4.78 is 29.0. The minimum absolute atomic E-state index is 0.262. The van der Waals surface area contributed by atoms with E-state index in [9.17, 15) is 8.78 Å². The van der Waals surface area contributed by atoms with Crippen LogP contribution < -0.4 is 10.1 Å². The fourth-order valence-corrected chi connectivity index (χ4v) is 3.06. The first-order chi connectivity index (χ1) is 9.24. The van der Waals surface area contributed by atoms with Crippen molar-refractivity contribution in [3.8, 4) is 5.88 Å².